The summed E-state index contributed by atoms with van der Waals surface area (Å²) >= 11 is 0. The molecule has 1 N–H and O–H groups in total. The molecule has 5 nitrogen and oxygen atoms in total. The molecule has 1 aromatic heterocycles. The summed E-state index contributed by atoms with van der Waals surface area (Å²) in [5, 5.41) is 3.44. The lowest BCUT2D eigenvalue weighted by atomic mass is 10.3. The molecule has 0 aromatic carbocycles. The third-order valence-electron chi connectivity index (χ3n) is 3.58. The van der Waals surface area contributed by atoms with E-state index in [9.17, 15) is 0 Å². The molecule has 0 spiro atoms. The highest BCUT2D eigenvalue weighted by molar-refractivity contribution is 5.80. The van der Waals surface area contributed by atoms with Gasteiger partial charge in [-0.15, -0.1) is 0 Å². The summed E-state index contributed by atoms with van der Waals surface area (Å²) in [7, 11) is 1.86. The van der Waals surface area contributed by atoms with E-state index in [2.05, 4.69) is 38.1 Å². The van der Waals surface area contributed by atoms with Gasteiger partial charge in [0.25, 0.3) is 0 Å². The first-order chi connectivity index (χ1) is 9.85. The van der Waals surface area contributed by atoms with Crippen LogP contribution in [0.3, 0.4) is 0 Å². The minimum Gasteiger partial charge on any atom is -0.356 e. The monoisotopic (exact) mass is 275 g/mol. The van der Waals surface area contributed by atoms with Crippen LogP contribution in [0.1, 0.15) is 19.8 Å². The molecule has 1 aromatic rings. The number of nitrogens with zero attached hydrogens (tertiary/aromatic N) is 4. The lowest BCUT2D eigenvalue weighted by Crippen LogP contribution is -2.52. The Hall–Kier alpha value is -1.78. The molecule has 0 amide bonds. The van der Waals surface area contributed by atoms with E-state index in [1.807, 2.05) is 25.4 Å². The van der Waals surface area contributed by atoms with Crippen LogP contribution < -0.4 is 10.2 Å². The topological polar surface area (TPSA) is 43.8 Å². The van der Waals surface area contributed by atoms with Crippen LogP contribution >= 0.6 is 0 Å². The van der Waals surface area contributed by atoms with Crippen LogP contribution in [0.2, 0.25) is 0 Å². The zero-order chi connectivity index (χ0) is 14.2. The summed E-state index contributed by atoms with van der Waals surface area (Å²) in [4.78, 5) is 13.5. The van der Waals surface area contributed by atoms with Crippen molar-refractivity contribution in [2.24, 2.45) is 4.99 Å². The van der Waals surface area contributed by atoms with Crippen LogP contribution in [0.5, 0.6) is 0 Å². The van der Waals surface area contributed by atoms with Gasteiger partial charge in [0.05, 0.1) is 0 Å². The number of aromatic nitrogens is 1. The van der Waals surface area contributed by atoms with Gasteiger partial charge in [-0.3, -0.25) is 4.99 Å². The number of unbranched alkanes of at least 4 members (excludes halogenated alkanes) is 1. The lowest BCUT2D eigenvalue weighted by Gasteiger charge is -2.37. The highest BCUT2D eigenvalue weighted by atomic mass is 15.4. The van der Waals surface area contributed by atoms with Crippen molar-refractivity contribution in [1.29, 1.82) is 0 Å². The second kappa shape index (κ2) is 7.72. The van der Waals surface area contributed by atoms with E-state index in [1.165, 1.54) is 12.8 Å². The van der Waals surface area contributed by atoms with E-state index in [4.69, 9.17) is 0 Å². The van der Waals surface area contributed by atoms with Gasteiger partial charge in [-0.1, -0.05) is 19.4 Å². The van der Waals surface area contributed by atoms with Gasteiger partial charge in [-0.25, -0.2) is 4.98 Å². The quantitative estimate of drug-likeness (QED) is 0.515. The van der Waals surface area contributed by atoms with E-state index in [0.29, 0.717) is 0 Å². The van der Waals surface area contributed by atoms with Crippen LogP contribution in [0.4, 0.5) is 5.82 Å². The molecule has 0 radical (unpaired) electrons. The molecule has 20 heavy (non-hydrogen) atoms. The SMILES string of the molecule is CCCCNC(=NC)N1CCN(c2ccccn2)CC1. The van der Waals surface area contributed by atoms with E-state index >= 15 is 0 Å². The molecule has 1 fully saturated rings. The fourth-order valence-corrected chi connectivity index (χ4v) is 2.40. The number of rotatable bonds is 4. The normalized spacial score (nSPS) is 16.4. The predicted molar refractivity (Wildman–Crippen MR) is 84.3 cm³/mol. The summed E-state index contributed by atoms with van der Waals surface area (Å²) in [5.74, 6) is 2.10. The standard InChI is InChI=1S/C15H25N5/c1-3-4-8-18-15(16-2)20-12-10-19(11-13-20)14-7-5-6-9-17-14/h5-7,9H,3-4,8,10-13H2,1-2H3,(H,16,18). The fraction of sp³-hybridized carbons (Fsp3) is 0.600. The molecule has 2 rings (SSSR count). The molecule has 0 atom stereocenters. The number of pyridine rings is 1. The average Bonchev–Trinajstić information content (AvgIpc) is 2.53. The van der Waals surface area contributed by atoms with Crippen LogP contribution in [0.15, 0.2) is 29.4 Å². The van der Waals surface area contributed by atoms with Crippen molar-refractivity contribution in [1.82, 2.24) is 15.2 Å². The van der Waals surface area contributed by atoms with Gasteiger partial charge >= 0.3 is 0 Å². The number of anilines is 1. The van der Waals surface area contributed by atoms with Crippen LogP contribution in [0.25, 0.3) is 0 Å². The lowest BCUT2D eigenvalue weighted by molar-refractivity contribution is 0.371. The van der Waals surface area contributed by atoms with Crippen molar-refractivity contribution >= 4 is 11.8 Å². The maximum absolute atomic E-state index is 4.41. The third-order valence-corrected chi connectivity index (χ3v) is 3.58. The van der Waals surface area contributed by atoms with E-state index < -0.39 is 0 Å². The first kappa shape index (κ1) is 14.6. The Balaban J connectivity index is 1.84. The summed E-state index contributed by atoms with van der Waals surface area (Å²) in [6.45, 7) is 7.17. The van der Waals surface area contributed by atoms with Crippen molar-refractivity contribution in [2.75, 3.05) is 44.7 Å². The minimum absolute atomic E-state index is 0.988. The molecule has 110 valence electrons. The molecule has 0 aliphatic carbocycles. The van der Waals surface area contributed by atoms with Crippen LogP contribution in [0, 0.1) is 0 Å². The van der Waals surface area contributed by atoms with Crippen molar-refractivity contribution in [3.63, 3.8) is 0 Å². The molecule has 1 aliphatic rings. The Morgan fingerprint density at radius 1 is 1.30 bits per heavy atom. The first-order valence-electron chi connectivity index (χ1n) is 7.46. The predicted octanol–water partition coefficient (Wildman–Crippen LogP) is 1.58. The van der Waals surface area contributed by atoms with Gasteiger partial charge in [0.15, 0.2) is 5.96 Å². The number of hydrogen-bond acceptors (Lipinski definition) is 3. The Bertz CT molecular complexity index is 410. The van der Waals surface area contributed by atoms with Crippen LogP contribution in [-0.4, -0.2) is 55.6 Å². The zero-order valence-corrected chi connectivity index (χ0v) is 12.5. The zero-order valence-electron chi connectivity index (χ0n) is 12.5. The number of aliphatic imine (C=N–C) groups is 1. The summed E-state index contributed by atoms with van der Waals surface area (Å²) in [6.07, 6.45) is 4.25. The molecule has 2 heterocycles. The fourth-order valence-electron chi connectivity index (χ4n) is 2.40. The first-order valence-corrected chi connectivity index (χ1v) is 7.46. The Morgan fingerprint density at radius 2 is 2.10 bits per heavy atom. The maximum Gasteiger partial charge on any atom is 0.193 e. The minimum atomic E-state index is 0.988. The molecule has 5 heteroatoms. The van der Waals surface area contributed by atoms with Gasteiger partial charge in [0.2, 0.25) is 0 Å². The number of guanidine groups is 1. The molecule has 0 unspecified atom stereocenters. The van der Waals surface area contributed by atoms with E-state index in [-0.39, 0.29) is 0 Å². The van der Waals surface area contributed by atoms with Gasteiger partial charge in [-0.2, -0.15) is 0 Å². The van der Waals surface area contributed by atoms with Crippen molar-refractivity contribution in [3.05, 3.63) is 24.4 Å². The largest absolute Gasteiger partial charge is 0.356 e. The molecule has 1 saturated heterocycles. The summed E-state index contributed by atoms with van der Waals surface area (Å²) < 4.78 is 0. The Labute approximate surface area is 121 Å². The average molecular weight is 275 g/mol. The summed E-state index contributed by atoms with van der Waals surface area (Å²) in [6, 6.07) is 6.07. The molecular formula is C15H25N5. The van der Waals surface area contributed by atoms with Crippen LogP contribution in [-0.2, 0) is 0 Å². The van der Waals surface area contributed by atoms with E-state index in [1.54, 1.807) is 0 Å². The second-order valence-electron chi connectivity index (χ2n) is 4.99. The van der Waals surface area contributed by atoms with Crippen molar-refractivity contribution in [3.8, 4) is 0 Å². The van der Waals surface area contributed by atoms with Crippen molar-refractivity contribution < 1.29 is 0 Å². The Morgan fingerprint density at radius 3 is 2.70 bits per heavy atom. The van der Waals surface area contributed by atoms with Gasteiger partial charge in [0.1, 0.15) is 5.82 Å². The highest BCUT2D eigenvalue weighted by Crippen LogP contribution is 2.12. The number of nitrogens with one attached hydrogen (secondary N) is 1. The van der Waals surface area contributed by atoms with E-state index in [0.717, 1.165) is 44.5 Å². The summed E-state index contributed by atoms with van der Waals surface area (Å²) in [5.41, 5.74) is 0. The molecule has 0 saturated carbocycles. The molecule has 1 aliphatic heterocycles. The molecular weight excluding hydrogens is 250 g/mol. The molecule has 0 bridgehead atoms. The van der Waals surface area contributed by atoms with Crippen molar-refractivity contribution in [2.45, 2.75) is 19.8 Å². The number of hydrogen-bond donors (Lipinski definition) is 1. The van der Waals surface area contributed by atoms with Gasteiger partial charge < -0.3 is 15.1 Å². The smallest absolute Gasteiger partial charge is 0.193 e. The second-order valence-corrected chi connectivity index (χ2v) is 4.99. The highest BCUT2D eigenvalue weighted by Gasteiger charge is 2.19. The third kappa shape index (κ3) is 3.85. The van der Waals surface area contributed by atoms with Gasteiger partial charge in [-0.05, 0) is 18.6 Å². The number of piperazine rings is 1. The van der Waals surface area contributed by atoms with Gasteiger partial charge in [0, 0.05) is 46.0 Å². The maximum atomic E-state index is 4.41. The Kier molecular flexibility index (Phi) is 5.65.